The lowest BCUT2D eigenvalue weighted by Gasteiger charge is -2.05. The largest absolute Gasteiger partial charge is 0.322 e. The number of halogens is 1. The van der Waals surface area contributed by atoms with E-state index in [4.69, 9.17) is 0 Å². The highest BCUT2D eigenvalue weighted by atomic mass is 79.9. The number of aromatic nitrogens is 2. The minimum Gasteiger partial charge on any atom is -0.322 e. The van der Waals surface area contributed by atoms with Gasteiger partial charge in [0.2, 0.25) is 0 Å². The maximum absolute atomic E-state index is 13.0. The van der Waals surface area contributed by atoms with Crippen molar-refractivity contribution in [3.8, 4) is 16.9 Å². The number of para-hydroxylation sites is 1. The third-order valence-electron chi connectivity index (χ3n) is 4.41. The molecule has 30 heavy (non-hydrogen) atoms. The maximum atomic E-state index is 13.0. The molecule has 0 spiro atoms. The van der Waals surface area contributed by atoms with E-state index >= 15 is 0 Å². The fourth-order valence-corrected chi connectivity index (χ4v) is 3.37. The number of carbonyl (C=O) groups is 1. The SMILES string of the molecule is O=C(Nc1ccc([N+](=O)[O-])cc1)c1cn(-c2ccccc2)nc1-c1cccc(Br)c1. The number of anilines is 1. The first-order chi connectivity index (χ1) is 14.5. The van der Waals surface area contributed by atoms with E-state index in [2.05, 4.69) is 26.3 Å². The molecular formula is C22H15BrN4O3. The fourth-order valence-electron chi connectivity index (χ4n) is 2.97. The topological polar surface area (TPSA) is 90.1 Å². The van der Waals surface area contributed by atoms with Gasteiger partial charge in [0.05, 0.1) is 16.2 Å². The highest BCUT2D eigenvalue weighted by Crippen LogP contribution is 2.27. The summed E-state index contributed by atoms with van der Waals surface area (Å²) in [7, 11) is 0. The van der Waals surface area contributed by atoms with E-state index in [0.29, 0.717) is 16.9 Å². The summed E-state index contributed by atoms with van der Waals surface area (Å²) in [5, 5.41) is 18.3. The van der Waals surface area contributed by atoms with E-state index in [-0.39, 0.29) is 11.6 Å². The number of hydrogen-bond donors (Lipinski definition) is 1. The highest BCUT2D eigenvalue weighted by molar-refractivity contribution is 9.10. The summed E-state index contributed by atoms with van der Waals surface area (Å²) in [4.78, 5) is 23.4. The first kappa shape index (κ1) is 19.5. The second-order valence-corrected chi connectivity index (χ2v) is 7.36. The lowest BCUT2D eigenvalue weighted by molar-refractivity contribution is -0.384. The van der Waals surface area contributed by atoms with Crippen LogP contribution in [0.5, 0.6) is 0 Å². The standard InChI is InChI=1S/C22H15BrN4O3/c23-16-6-4-5-15(13-16)21-20(14-26(25-21)18-7-2-1-3-8-18)22(28)24-17-9-11-19(12-10-17)27(29)30/h1-14H,(H,24,28). The molecule has 0 aliphatic rings. The van der Waals surface area contributed by atoms with Crippen molar-refractivity contribution in [2.24, 2.45) is 0 Å². The van der Waals surface area contributed by atoms with Gasteiger partial charge < -0.3 is 5.32 Å². The number of carbonyl (C=O) groups excluding carboxylic acids is 1. The van der Waals surface area contributed by atoms with Gasteiger partial charge >= 0.3 is 0 Å². The van der Waals surface area contributed by atoms with Gasteiger partial charge in [-0.1, -0.05) is 46.3 Å². The van der Waals surface area contributed by atoms with Crippen LogP contribution in [0, 0.1) is 10.1 Å². The molecule has 8 heteroatoms. The Balaban J connectivity index is 1.72. The van der Waals surface area contributed by atoms with Crippen LogP contribution in [0.15, 0.2) is 89.5 Å². The van der Waals surface area contributed by atoms with Gasteiger partial charge in [-0.05, 0) is 36.4 Å². The average Bonchev–Trinajstić information content (AvgIpc) is 3.20. The number of non-ortho nitro benzene ring substituents is 1. The molecule has 3 aromatic carbocycles. The summed E-state index contributed by atoms with van der Waals surface area (Å²) in [5.41, 5.74) is 2.93. The molecule has 0 saturated carbocycles. The third kappa shape index (κ3) is 4.13. The average molecular weight is 463 g/mol. The Labute approximate surface area is 180 Å². The number of amides is 1. The number of nitro groups is 1. The molecule has 1 aromatic heterocycles. The van der Waals surface area contributed by atoms with Gasteiger partial charge in [-0.2, -0.15) is 5.10 Å². The van der Waals surface area contributed by atoms with E-state index in [1.165, 1.54) is 24.3 Å². The molecule has 0 aliphatic carbocycles. The van der Waals surface area contributed by atoms with Crippen molar-refractivity contribution in [3.63, 3.8) is 0 Å². The zero-order chi connectivity index (χ0) is 21.1. The minimum atomic E-state index is -0.485. The van der Waals surface area contributed by atoms with Gasteiger partial charge in [-0.25, -0.2) is 4.68 Å². The van der Waals surface area contributed by atoms with Crippen molar-refractivity contribution >= 4 is 33.2 Å². The number of nitrogens with one attached hydrogen (secondary N) is 1. The zero-order valence-corrected chi connectivity index (χ0v) is 17.1. The predicted octanol–water partition coefficient (Wildman–Crippen LogP) is 5.46. The zero-order valence-electron chi connectivity index (χ0n) is 15.5. The first-order valence-corrected chi connectivity index (χ1v) is 9.77. The lowest BCUT2D eigenvalue weighted by Crippen LogP contribution is -2.12. The maximum Gasteiger partial charge on any atom is 0.269 e. The first-order valence-electron chi connectivity index (χ1n) is 8.98. The Morgan fingerprint density at radius 2 is 1.73 bits per heavy atom. The second kappa shape index (κ2) is 8.30. The molecule has 1 amide bonds. The molecule has 0 aliphatic heterocycles. The summed E-state index contributed by atoms with van der Waals surface area (Å²) in [6.45, 7) is 0. The van der Waals surface area contributed by atoms with Crippen LogP contribution in [-0.4, -0.2) is 20.6 Å². The van der Waals surface area contributed by atoms with Crippen LogP contribution in [0.25, 0.3) is 16.9 Å². The number of nitrogens with zero attached hydrogens (tertiary/aromatic N) is 3. The fraction of sp³-hybridized carbons (Fsp3) is 0. The molecule has 0 radical (unpaired) electrons. The van der Waals surface area contributed by atoms with Crippen LogP contribution < -0.4 is 5.32 Å². The molecule has 0 fully saturated rings. The normalized spacial score (nSPS) is 10.6. The quantitative estimate of drug-likeness (QED) is 0.314. The Kier molecular flexibility index (Phi) is 5.40. The van der Waals surface area contributed by atoms with E-state index in [0.717, 1.165) is 15.7 Å². The van der Waals surface area contributed by atoms with Crippen LogP contribution in [-0.2, 0) is 0 Å². The lowest BCUT2D eigenvalue weighted by atomic mass is 10.1. The summed E-state index contributed by atoms with van der Waals surface area (Å²) < 4.78 is 2.53. The Bertz CT molecular complexity index is 1220. The van der Waals surface area contributed by atoms with E-state index < -0.39 is 4.92 Å². The Morgan fingerprint density at radius 3 is 2.40 bits per heavy atom. The van der Waals surface area contributed by atoms with E-state index in [1.54, 1.807) is 10.9 Å². The molecular weight excluding hydrogens is 448 g/mol. The molecule has 0 bridgehead atoms. The number of rotatable bonds is 5. The van der Waals surface area contributed by atoms with Crippen LogP contribution in [0.4, 0.5) is 11.4 Å². The van der Waals surface area contributed by atoms with E-state index in [9.17, 15) is 14.9 Å². The Hall–Kier alpha value is -3.78. The third-order valence-corrected chi connectivity index (χ3v) is 4.91. The second-order valence-electron chi connectivity index (χ2n) is 6.44. The van der Waals surface area contributed by atoms with Crippen molar-refractivity contribution in [2.75, 3.05) is 5.32 Å². The summed E-state index contributed by atoms with van der Waals surface area (Å²) in [5.74, 6) is -0.360. The summed E-state index contributed by atoms with van der Waals surface area (Å²) in [6, 6.07) is 22.7. The van der Waals surface area contributed by atoms with E-state index in [1.807, 2.05) is 54.6 Å². The van der Waals surface area contributed by atoms with Crippen molar-refractivity contribution in [1.29, 1.82) is 0 Å². The van der Waals surface area contributed by atoms with Crippen molar-refractivity contribution in [3.05, 3.63) is 105 Å². The van der Waals surface area contributed by atoms with Gasteiger partial charge in [-0.15, -0.1) is 0 Å². The van der Waals surface area contributed by atoms with Crippen LogP contribution in [0.3, 0.4) is 0 Å². The van der Waals surface area contributed by atoms with Crippen molar-refractivity contribution in [2.45, 2.75) is 0 Å². The molecule has 1 N–H and O–H groups in total. The van der Waals surface area contributed by atoms with Crippen LogP contribution >= 0.6 is 15.9 Å². The minimum absolute atomic E-state index is 0.0419. The van der Waals surface area contributed by atoms with Crippen molar-refractivity contribution in [1.82, 2.24) is 9.78 Å². The van der Waals surface area contributed by atoms with Gasteiger partial charge in [-0.3, -0.25) is 14.9 Å². The van der Waals surface area contributed by atoms with Crippen LogP contribution in [0.1, 0.15) is 10.4 Å². The molecule has 4 rings (SSSR count). The molecule has 148 valence electrons. The smallest absolute Gasteiger partial charge is 0.269 e. The molecule has 0 atom stereocenters. The predicted molar refractivity (Wildman–Crippen MR) is 118 cm³/mol. The van der Waals surface area contributed by atoms with Gasteiger partial charge in [0.1, 0.15) is 5.69 Å². The molecule has 0 unspecified atom stereocenters. The van der Waals surface area contributed by atoms with Crippen molar-refractivity contribution < 1.29 is 9.72 Å². The van der Waals surface area contributed by atoms with Gasteiger partial charge in [0.15, 0.2) is 0 Å². The number of hydrogen-bond acceptors (Lipinski definition) is 4. The molecule has 4 aromatic rings. The molecule has 0 saturated heterocycles. The summed E-state index contributed by atoms with van der Waals surface area (Å²) >= 11 is 3.45. The van der Waals surface area contributed by atoms with Gasteiger partial charge in [0, 0.05) is 34.1 Å². The highest BCUT2D eigenvalue weighted by Gasteiger charge is 2.19. The molecule has 1 heterocycles. The monoisotopic (exact) mass is 462 g/mol. The number of benzene rings is 3. The van der Waals surface area contributed by atoms with Crippen LogP contribution in [0.2, 0.25) is 0 Å². The number of nitro benzene ring substituents is 1. The van der Waals surface area contributed by atoms with Gasteiger partial charge in [0.25, 0.3) is 11.6 Å². The Morgan fingerprint density at radius 1 is 1.00 bits per heavy atom. The summed E-state index contributed by atoms with van der Waals surface area (Å²) in [6.07, 6.45) is 1.67. The molecule has 7 nitrogen and oxygen atoms in total.